The third kappa shape index (κ3) is 5.35. The van der Waals surface area contributed by atoms with Gasteiger partial charge in [-0.25, -0.2) is 19.3 Å². The molecule has 1 aliphatic rings. The highest BCUT2D eigenvalue weighted by Crippen LogP contribution is 2.37. The van der Waals surface area contributed by atoms with Gasteiger partial charge in [0.2, 0.25) is 0 Å². The number of morpholine rings is 1. The molecule has 1 saturated heterocycles. The van der Waals surface area contributed by atoms with E-state index in [0.29, 0.717) is 30.8 Å². The second-order valence-corrected chi connectivity index (χ2v) is 9.61. The molecule has 0 aliphatic carbocycles. The third-order valence-electron chi connectivity index (χ3n) is 6.44. The van der Waals surface area contributed by atoms with E-state index in [1.54, 1.807) is 0 Å². The van der Waals surface area contributed by atoms with E-state index in [2.05, 4.69) is 40.3 Å². The highest BCUT2D eigenvalue weighted by atomic mass is 35.5. The highest BCUT2D eigenvalue weighted by Gasteiger charge is 2.36. The second kappa shape index (κ2) is 10.5. The van der Waals surface area contributed by atoms with Crippen LogP contribution in [0.5, 0.6) is 0 Å². The smallest absolute Gasteiger partial charge is 0.379 e. The van der Waals surface area contributed by atoms with Crippen molar-refractivity contribution in [2.75, 3.05) is 31.6 Å². The number of fused-ring (bicyclic) bond motifs is 1. The molecule has 1 fully saturated rings. The number of hydrogen-bond donors (Lipinski definition) is 3. The molecular formula is C26H21ClF4N8O. The molecule has 9 nitrogen and oxygen atoms in total. The zero-order chi connectivity index (χ0) is 27.9. The first-order valence-electron chi connectivity index (χ1n) is 12.2. The minimum absolute atomic E-state index is 0.137. The van der Waals surface area contributed by atoms with Crippen LogP contribution in [0.2, 0.25) is 5.02 Å². The fourth-order valence-electron chi connectivity index (χ4n) is 4.46. The summed E-state index contributed by atoms with van der Waals surface area (Å²) >= 11 is 5.96. The quantitative estimate of drug-likeness (QED) is 0.221. The molecule has 0 atom stereocenters. The lowest BCUT2D eigenvalue weighted by Crippen LogP contribution is -2.35. The number of aromatic nitrogens is 6. The average molecular weight is 573 g/mol. The monoisotopic (exact) mass is 572 g/mol. The summed E-state index contributed by atoms with van der Waals surface area (Å²) in [6, 6.07) is 9.51. The number of halogens is 5. The fourth-order valence-corrected chi connectivity index (χ4v) is 4.63. The van der Waals surface area contributed by atoms with Gasteiger partial charge >= 0.3 is 6.18 Å². The van der Waals surface area contributed by atoms with Gasteiger partial charge in [0, 0.05) is 37.1 Å². The predicted molar refractivity (Wildman–Crippen MR) is 140 cm³/mol. The molecule has 2 aromatic carbocycles. The third-order valence-corrected chi connectivity index (χ3v) is 6.67. The van der Waals surface area contributed by atoms with Crippen LogP contribution in [-0.4, -0.2) is 61.3 Å². The summed E-state index contributed by atoms with van der Waals surface area (Å²) in [5.74, 6) is -1.24. The Kier molecular flexibility index (Phi) is 6.86. The number of anilines is 2. The molecule has 4 heterocycles. The number of H-pyrrole nitrogens is 2. The van der Waals surface area contributed by atoms with E-state index in [-0.39, 0.29) is 27.8 Å². The van der Waals surface area contributed by atoms with Gasteiger partial charge in [0.05, 0.1) is 35.5 Å². The Labute approximate surface area is 229 Å². The average Bonchev–Trinajstić information content (AvgIpc) is 3.56. The van der Waals surface area contributed by atoms with E-state index < -0.39 is 23.4 Å². The van der Waals surface area contributed by atoms with E-state index in [9.17, 15) is 17.6 Å². The summed E-state index contributed by atoms with van der Waals surface area (Å²) in [7, 11) is 0. The number of nitrogens with one attached hydrogen (secondary N) is 3. The molecule has 0 spiro atoms. The van der Waals surface area contributed by atoms with Crippen LogP contribution in [0, 0.1) is 5.82 Å². The lowest BCUT2D eigenvalue weighted by molar-refractivity contribution is -0.137. The molecular weight excluding hydrogens is 552 g/mol. The minimum Gasteiger partial charge on any atom is -0.379 e. The largest absolute Gasteiger partial charge is 0.421 e. The van der Waals surface area contributed by atoms with Gasteiger partial charge in [-0.1, -0.05) is 17.7 Å². The van der Waals surface area contributed by atoms with Crippen LogP contribution in [-0.2, 0) is 17.5 Å². The zero-order valence-electron chi connectivity index (χ0n) is 20.7. The summed E-state index contributed by atoms with van der Waals surface area (Å²) in [6.07, 6.45) is -2.80. The number of benzene rings is 2. The molecule has 0 radical (unpaired) electrons. The Hall–Kier alpha value is -4.07. The van der Waals surface area contributed by atoms with Crippen LogP contribution in [0.15, 0.2) is 48.8 Å². The number of alkyl halides is 3. The number of aromatic amines is 2. The van der Waals surface area contributed by atoms with E-state index in [1.165, 1.54) is 18.3 Å². The van der Waals surface area contributed by atoms with Gasteiger partial charge < -0.3 is 15.0 Å². The summed E-state index contributed by atoms with van der Waals surface area (Å²) < 4.78 is 61.4. The first-order valence-corrected chi connectivity index (χ1v) is 12.6. The van der Waals surface area contributed by atoms with E-state index in [0.717, 1.165) is 36.8 Å². The second-order valence-electron chi connectivity index (χ2n) is 9.18. The highest BCUT2D eigenvalue weighted by molar-refractivity contribution is 6.30. The van der Waals surface area contributed by atoms with Gasteiger partial charge in [-0.05, 0) is 35.9 Å². The molecule has 1 aliphatic heterocycles. The standard InChI is InChI=1S/C26H21ClF4N8O/c27-15-2-3-18(28)16(10-15)23-32-11-17(26(29,30)31)24(37-23)36-21-12-33-38-22(21)25-34-19-4-1-14(9-20(19)35-25)13-39-5-7-40-8-6-39/h1-4,9-12H,5-8,13H2,(H,33,38)(H,34,35)(H,32,36,37). The topological polar surface area (TPSA) is 108 Å². The SMILES string of the molecule is Fc1ccc(Cl)cc1-c1ncc(C(F)(F)F)c(Nc2c[nH]nc2-c2nc3cc(CN4CCOCC4)ccc3[nH]2)n1. The van der Waals surface area contributed by atoms with Crippen molar-refractivity contribution in [1.29, 1.82) is 0 Å². The van der Waals surface area contributed by atoms with Crippen molar-refractivity contribution in [2.24, 2.45) is 0 Å². The van der Waals surface area contributed by atoms with Gasteiger partial charge in [0.15, 0.2) is 17.3 Å². The van der Waals surface area contributed by atoms with E-state index in [1.807, 2.05) is 18.2 Å². The fraction of sp³-hybridized carbons (Fsp3) is 0.231. The van der Waals surface area contributed by atoms with Gasteiger partial charge in [0.25, 0.3) is 0 Å². The van der Waals surface area contributed by atoms with Gasteiger partial charge in [-0.3, -0.25) is 10.00 Å². The number of rotatable bonds is 6. The van der Waals surface area contributed by atoms with Crippen LogP contribution >= 0.6 is 11.6 Å². The molecule has 40 heavy (non-hydrogen) atoms. The summed E-state index contributed by atoms with van der Waals surface area (Å²) in [4.78, 5) is 17.8. The van der Waals surface area contributed by atoms with Crippen molar-refractivity contribution in [1.82, 2.24) is 35.0 Å². The number of imidazole rings is 1. The summed E-state index contributed by atoms with van der Waals surface area (Å²) in [5, 5.41) is 9.71. The van der Waals surface area contributed by atoms with E-state index >= 15 is 0 Å². The Morgan fingerprint density at radius 2 is 1.90 bits per heavy atom. The van der Waals surface area contributed by atoms with Crippen LogP contribution in [0.25, 0.3) is 33.9 Å². The van der Waals surface area contributed by atoms with Crippen LogP contribution in [0.3, 0.4) is 0 Å². The van der Waals surface area contributed by atoms with Gasteiger partial charge in [-0.2, -0.15) is 18.3 Å². The molecule has 206 valence electrons. The van der Waals surface area contributed by atoms with Crippen molar-refractivity contribution in [3.63, 3.8) is 0 Å². The maximum absolute atomic E-state index is 14.4. The molecule has 5 aromatic rings. The number of nitrogens with zero attached hydrogens (tertiary/aromatic N) is 5. The maximum atomic E-state index is 14.4. The molecule has 3 aromatic heterocycles. The first-order chi connectivity index (χ1) is 19.2. The lowest BCUT2D eigenvalue weighted by atomic mass is 10.2. The summed E-state index contributed by atoms with van der Waals surface area (Å²) in [6.45, 7) is 3.84. The first kappa shape index (κ1) is 26.2. The molecule has 3 N–H and O–H groups in total. The molecule has 0 bridgehead atoms. The normalized spacial score (nSPS) is 14.6. The minimum atomic E-state index is -4.78. The molecule has 6 rings (SSSR count). The van der Waals surface area contributed by atoms with Gasteiger partial charge in [0.1, 0.15) is 17.2 Å². The molecule has 14 heteroatoms. The van der Waals surface area contributed by atoms with Crippen molar-refractivity contribution >= 4 is 34.1 Å². The molecule has 0 saturated carbocycles. The van der Waals surface area contributed by atoms with Gasteiger partial charge in [-0.15, -0.1) is 0 Å². The van der Waals surface area contributed by atoms with E-state index in [4.69, 9.17) is 16.3 Å². The van der Waals surface area contributed by atoms with Crippen LogP contribution < -0.4 is 5.32 Å². The Morgan fingerprint density at radius 3 is 2.70 bits per heavy atom. The Morgan fingerprint density at radius 1 is 1.07 bits per heavy atom. The Balaban J connectivity index is 1.33. The zero-order valence-corrected chi connectivity index (χ0v) is 21.4. The van der Waals surface area contributed by atoms with Crippen molar-refractivity contribution in [3.8, 4) is 22.9 Å². The van der Waals surface area contributed by atoms with Crippen LogP contribution in [0.4, 0.5) is 29.1 Å². The van der Waals surface area contributed by atoms with Crippen molar-refractivity contribution < 1.29 is 22.3 Å². The predicted octanol–water partition coefficient (Wildman–Crippen LogP) is 5.80. The molecule has 0 amide bonds. The van der Waals surface area contributed by atoms with Crippen molar-refractivity contribution in [3.05, 3.63) is 70.8 Å². The lowest BCUT2D eigenvalue weighted by Gasteiger charge is -2.26. The van der Waals surface area contributed by atoms with Crippen molar-refractivity contribution in [2.45, 2.75) is 12.7 Å². The number of ether oxygens (including phenoxy) is 1. The Bertz CT molecular complexity index is 1680. The maximum Gasteiger partial charge on any atom is 0.421 e. The molecule has 0 unspecified atom stereocenters. The number of hydrogen-bond acceptors (Lipinski definition) is 7. The van der Waals surface area contributed by atoms with Crippen LogP contribution in [0.1, 0.15) is 11.1 Å². The summed E-state index contributed by atoms with van der Waals surface area (Å²) in [5.41, 5.74) is 1.65.